The molecule has 1 rings (SSSR count). The van der Waals surface area contributed by atoms with E-state index in [0.29, 0.717) is 12.0 Å². The second-order valence-electron chi connectivity index (χ2n) is 3.60. The van der Waals surface area contributed by atoms with Gasteiger partial charge < -0.3 is 10.1 Å². The summed E-state index contributed by atoms with van der Waals surface area (Å²) >= 11 is 0. The van der Waals surface area contributed by atoms with Crippen molar-refractivity contribution >= 4 is 11.9 Å². The molecular weight excluding hydrogens is 220 g/mol. The Kier molecular flexibility index (Phi) is 5.13. The summed E-state index contributed by atoms with van der Waals surface area (Å²) in [5.74, 6) is -0.558. The van der Waals surface area contributed by atoms with Gasteiger partial charge in [0.2, 0.25) is 0 Å². The molecule has 0 saturated heterocycles. The summed E-state index contributed by atoms with van der Waals surface area (Å²) in [4.78, 5) is 26.8. The Morgan fingerprint density at radius 2 is 2.29 bits per heavy atom. The van der Waals surface area contributed by atoms with Gasteiger partial charge >= 0.3 is 5.97 Å². The van der Waals surface area contributed by atoms with Crippen LogP contribution in [0.3, 0.4) is 0 Å². The lowest BCUT2D eigenvalue weighted by molar-refractivity contribution is -0.141. The van der Waals surface area contributed by atoms with Crippen LogP contribution in [-0.4, -0.2) is 30.0 Å². The normalized spacial score (nSPS) is 11.6. The van der Waals surface area contributed by atoms with Gasteiger partial charge in [0, 0.05) is 18.4 Å². The number of carbonyl (C=O) groups is 2. The van der Waals surface area contributed by atoms with E-state index < -0.39 is 0 Å². The molecule has 92 valence electrons. The van der Waals surface area contributed by atoms with Gasteiger partial charge in [0.25, 0.3) is 5.91 Å². The second kappa shape index (κ2) is 6.62. The summed E-state index contributed by atoms with van der Waals surface area (Å²) < 4.78 is 4.57. The number of ether oxygens (including phenoxy) is 1. The highest BCUT2D eigenvalue weighted by atomic mass is 16.5. The van der Waals surface area contributed by atoms with Crippen LogP contribution in [0.4, 0.5) is 0 Å². The third-order valence-corrected chi connectivity index (χ3v) is 2.39. The molecule has 1 heterocycles. The third kappa shape index (κ3) is 4.22. The van der Waals surface area contributed by atoms with E-state index in [4.69, 9.17) is 0 Å². The molecule has 0 spiro atoms. The Morgan fingerprint density at radius 3 is 2.82 bits per heavy atom. The first kappa shape index (κ1) is 13.2. The zero-order valence-corrected chi connectivity index (χ0v) is 9.97. The molecule has 1 unspecified atom stereocenters. The fourth-order valence-electron chi connectivity index (χ4n) is 1.35. The van der Waals surface area contributed by atoms with Crippen LogP contribution in [0.15, 0.2) is 24.5 Å². The smallest absolute Gasteiger partial charge is 0.307 e. The molecule has 1 N–H and O–H groups in total. The SMILES string of the molecule is CCC(CC(=O)OC)NC(=O)c1cccnc1. The van der Waals surface area contributed by atoms with Crippen molar-refractivity contribution in [2.75, 3.05) is 7.11 Å². The maximum Gasteiger partial charge on any atom is 0.307 e. The van der Waals surface area contributed by atoms with E-state index in [1.165, 1.54) is 13.3 Å². The number of hydrogen-bond donors (Lipinski definition) is 1. The minimum absolute atomic E-state index is 0.180. The molecule has 5 heteroatoms. The van der Waals surface area contributed by atoms with Gasteiger partial charge in [-0.25, -0.2) is 0 Å². The van der Waals surface area contributed by atoms with Gasteiger partial charge in [-0.3, -0.25) is 14.6 Å². The molecule has 1 aromatic rings. The number of esters is 1. The Morgan fingerprint density at radius 1 is 1.53 bits per heavy atom. The molecule has 0 aliphatic carbocycles. The fraction of sp³-hybridized carbons (Fsp3) is 0.417. The van der Waals surface area contributed by atoms with Crippen molar-refractivity contribution in [1.29, 1.82) is 0 Å². The first-order chi connectivity index (χ1) is 8.17. The summed E-state index contributed by atoms with van der Waals surface area (Å²) in [7, 11) is 1.33. The third-order valence-electron chi connectivity index (χ3n) is 2.39. The van der Waals surface area contributed by atoms with E-state index in [0.717, 1.165) is 0 Å². The van der Waals surface area contributed by atoms with Crippen LogP contribution in [0.25, 0.3) is 0 Å². The maximum atomic E-state index is 11.8. The van der Waals surface area contributed by atoms with Crippen LogP contribution in [0.5, 0.6) is 0 Å². The largest absolute Gasteiger partial charge is 0.469 e. The van der Waals surface area contributed by atoms with E-state index >= 15 is 0 Å². The number of aromatic nitrogens is 1. The van der Waals surface area contributed by atoms with E-state index in [-0.39, 0.29) is 24.3 Å². The Bertz CT molecular complexity index is 379. The Balaban J connectivity index is 2.57. The standard InChI is InChI=1S/C12H16N2O3/c1-3-10(7-11(15)17-2)14-12(16)9-5-4-6-13-8-9/h4-6,8,10H,3,7H2,1-2H3,(H,14,16). The molecule has 0 fully saturated rings. The van der Waals surface area contributed by atoms with Crippen molar-refractivity contribution in [3.05, 3.63) is 30.1 Å². The number of carbonyl (C=O) groups excluding carboxylic acids is 2. The molecule has 0 bridgehead atoms. The fourth-order valence-corrected chi connectivity index (χ4v) is 1.35. The maximum absolute atomic E-state index is 11.8. The van der Waals surface area contributed by atoms with E-state index in [2.05, 4.69) is 15.0 Å². The number of rotatable bonds is 5. The van der Waals surface area contributed by atoms with E-state index in [1.807, 2.05) is 6.92 Å². The van der Waals surface area contributed by atoms with Gasteiger partial charge in [0.15, 0.2) is 0 Å². The van der Waals surface area contributed by atoms with Crippen LogP contribution >= 0.6 is 0 Å². The molecular formula is C12H16N2O3. The number of hydrogen-bond acceptors (Lipinski definition) is 4. The number of amides is 1. The van der Waals surface area contributed by atoms with E-state index in [9.17, 15) is 9.59 Å². The minimum Gasteiger partial charge on any atom is -0.469 e. The lowest BCUT2D eigenvalue weighted by atomic mass is 10.1. The summed E-state index contributed by atoms with van der Waals surface area (Å²) in [6.07, 6.45) is 3.93. The highest BCUT2D eigenvalue weighted by Crippen LogP contribution is 2.02. The predicted molar refractivity (Wildman–Crippen MR) is 62.4 cm³/mol. The second-order valence-corrected chi connectivity index (χ2v) is 3.60. The highest BCUT2D eigenvalue weighted by Gasteiger charge is 2.15. The number of nitrogens with zero attached hydrogens (tertiary/aromatic N) is 1. The average molecular weight is 236 g/mol. The summed E-state index contributed by atoms with van der Waals surface area (Å²) in [5, 5.41) is 2.77. The molecule has 0 aliphatic rings. The topological polar surface area (TPSA) is 68.3 Å². The van der Waals surface area contributed by atoms with Crippen LogP contribution in [0.1, 0.15) is 30.1 Å². The quantitative estimate of drug-likeness (QED) is 0.779. The van der Waals surface area contributed by atoms with Crippen LogP contribution in [0, 0.1) is 0 Å². The van der Waals surface area contributed by atoms with E-state index in [1.54, 1.807) is 18.3 Å². The molecule has 17 heavy (non-hydrogen) atoms. The van der Waals surface area contributed by atoms with Gasteiger partial charge in [-0.1, -0.05) is 6.92 Å². The van der Waals surface area contributed by atoms with Gasteiger partial charge in [-0.05, 0) is 18.6 Å². The monoisotopic (exact) mass is 236 g/mol. The lowest BCUT2D eigenvalue weighted by Gasteiger charge is -2.15. The zero-order valence-electron chi connectivity index (χ0n) is 9.97. The first-order valence-electron chi connectivity index (χ1n) is 5.45. The van der Waals surface area contributed by atoms with Crippen molar-refractivity contribution < 1.29 is 14.3 Å². The Hall–Kier alpha value is -1.91. The molecule has 1 aromatic heterocycles. The molecule has 0 aromatic carbocycles. The lowest BCUT2D eigenvalue weighted by Crippen LogP contribution is -2.36. The van der Waals surface area contributed by atoms with Gasteiger partial charge in [-0.2, -0.15) is 0 Å². The number of methoxy groups -OCH3 is 1. The predicted octanol–water partition coefficient (Wildman–Crippen LogP) is 1.15. The first-order valence-corrected chi connectivity index (χ1v) is 5.45. The van der Waals surface area contributed by atoms with Crippen molar-refractivity contribution in [2.45, 2.75) is 25.8 Å². The molecule has 5 nitrogen and oxygen atoms in total. The average Bonchev–Trinajstić information content (AvgIpc) is 2.38. The minimum atomic E-state index is -0.330. The van der Waals surface area contributed by atoms with Crippen LogP contribution < -0.4 is 5.32 Å². The van der Waals surface area contributed by atoms with Crippen molar-refractivity contribution in [3.8, 4) is 0 Å². The van der Waals surface area contributed by atoms with Gasteiger partial charge in [0.05, 0.1) is 19.1 Å². The van der Waals surface area contributed by atoms with Gasteiger partial charge in [0.1, 0.15) is 0 Å². The van der Waals surface area contributed by atoms with Gasteiger partial charge in [-0.15, -0.1) is 0 Å². The molecule has 1 atom stereocenters. The number of pyridine rings is 1. The summed E-state index contributed by atoms with van der Waals surface area (Å²) in [6, 6.07) is 3.15. The van der Waals surface area contributed by atoms with Crippen molar-refractivity contribution in [3.63, 3.8) is 0 Å². The van der Waals surface area contributed by atoms with Crippen LogP contribution in [-0.2, 0) is 9.53 Å². The summed E-state index contributed by atoms with van der Waals surface area (Å²) in [5.41, 5.74) is 0.482. The Labute approximate surface area is 100 Å². The molecule has 0 aliphatic heterocycles. The van der Waals surface area contributed by atoms with Crippen molar-refractivity contribution in [2.24, 2.45) is 0 Å². The molecule has 1 amide bonds. The molecule has 0 radical (unpaired) electrons. The highest BCUT2D eigenvalue weighted by molar-refractivity contribution is 5.94. The zero-order chi connectivity index (χ0) is 12.7. The molecule has 0 saturated carbocycles. The van der Waals surface area contributed by atoms with Crippen LogP contribution in [0.2, 0.25) is 0 Å². The van der Waals surface area contributed by atoms with Crippen molar-refractivity contribution in [1.82, 2.24) is 10.3 Å². The summed E-state index contributed by atoms with van der Waals surface area (Å²) in [6.45, 7) is 1.90. The number of nitrogens with one attached hydrogen (secondary N) is 1.